The van der Waals surface area contributed by atoms with Gasteiger partial charge in [-0.2, -0.15) is 4.31 Å². The molecule has 0 aliphatic carbocycles. The minimum absolute atomic E-state index is 0.0457. The van der Waals surface area contributed by atoms with Crippen molar-refractivity contribution in [3.05, 3.63) is 23.2 Å². The third kappa shape index (κ3) is 2.47. The first-order chi connectivity index (χ1) is 8.43. The number of sulfonamides is 1. The van der Waals surface area contributed by atoms with E-state index in [4.69, 9.17) is 22.1 Å². The maximum Gasteiger partial charge on any atom is 0.245 e. The number of likely N-dealkylation sites (N-methyl/N-ethyl adjacent to an activating group) is 1. The molecule has 1 heterocycles. The Balaban J connectivity index is 2.37. The number of hydrogen-bond acceptors (Lipinski definition) is 4. The summed E-state index contributed by atoms with van der Waals surface area (Å²) in [4.78, 5) is 0.0457. The Morgan fingerprint density at radius 1 is 1.50 bits per heavy atom. The Bertz CT molecular complexity index is 541. The number of halogens is 1. The van der Waals surface area contributed by atoms with Crippen LogP contribution in [-0.2, 0) is 14.8 Å². The molecule has 100 valence electrons. The van der Waals surface area contributed by atoms with Gasteiger partial charge in [-0.3, -0.25) is 0 Å². The van der Waals surface area contributed by atoms with Crippen LogP contribution in [-0.4, -0.2) is 39.0 Å². The van der Waals surface area contributed by atoms with Gasteiger partial charge < -0.3 is 10.5 Å². The Kier molecular flexibility index (Phi) is 3.82. The molecule has 0 aromatic heterocycles. The van der Waals surface area contributed by atoms with Crippen LogP contribution in [0.4, 0.5) is 5.69 Å². The monoisotopic (exact) mass is 290 g/mol. The fourth-order valence-electron chi connectivity index (χ4n) is 1.89. The molecule has 2 rings (SSSR count). The lowest BCUT2D eigenvalue weighted by molar-refractivity contribution is 0.181. The van der Waals surface area contributed by atoms with Crippen LogP contribution in [0.1, 0.15) is 6.42 Å². The van der Waals surface area contributed by atoms with E-state index in [0.717, 1.165) is 0 Å². The number of nitrogens with two attached hydrogens (primary N) is 1. The Hall–Kier alpha value is -0.820. The fraction of sp³-hybridized carbons (Fsp3) is 0.455. The van der Waals surface area contributed by atoms with E-state index in [2.05, 4.69) is 0 Å². The maximum atomic E-state index is 12.4. The first-order valence-electron chi connectivity index (χ1n) is 5.53. The van der Waals surface area contributed by atoms with Gasteiger partial charge >= 0.3 is 0 Å². The molecule has 1 aromatic rings. The molecule has 0 saturated carbocycles. The molecule has 1 aliphatic heterocycles. The summed E-state index contributed by atoms with van der Waals surface area (Å²) in [6.45, 7) is 0.992. The Morgan fingerprint density at radius 3 is 2.83 bits per heavy atom. The number of hydrogen-bond donors (Lipinski definition) is 1. The normalized spacial score (nSPS) is 20.5. The molecule has 1 unspecified atom stereocenters. The van der Waals surface area contributed by atoms with Crippen LogP contribution in [0.15, 0.2) is 23.1 Å². The molecule has 0 spiro atoms. The maximum absolute atomic E-state index is 12.4. The standard InChI is InChI=1S/C11H15ClN2O3S/c1-14(9-4-5-17-7-9)18(15,16)11-6-8(12)2-3-10(11)13/h2-3,6,9H,4-5,7,13H2,1H3. The van der Waals surface area contributed by atoms with Crippen molar-refractivity contribution < 1.29 is 13.2 Å². The van der Waals surface area contributed by atoms with Gasteiger partial charge in [-0.05, 0) is 24.6 Å². The zero-order valence-electron chi connectivity index (χ0n) is 9.97. The van der Waals surface area contributed by atoms with Gasteiger partial charge in [0.15, 0.2) is 0 Å². The summed E-state index contributed by atoms with van der Waals surface area (Å²) in [5.74, 6) is 0. The van der Waals surface area contributed by atoms with E-state index in [-0.39, 0.29) is 16.6 Å². The van der Waals surface area contributed by atoms with Gasteiger partial charge in [0.2, 0.25) is 10.0 Å². The number of nitrogen functional groups attached to an aromatic ring is 1. The lowest BCUT2D eigenvalue weighted by Crippen LogP contribution is -2.37. The molecule has 7 heteroatoms. The summed E-state index contributed by atoms with van der Waals surface area (Å²) in [7, 11) is -2.09. The second kappa shape index (κ2) is 5.05. The van der Waals surface area contributed by atoms with Crippen LogP contribution in [0.5, 0.6) is 0 Å². The summed E-state index contributed by atoms with van der Waals surface area (Å²) < 4.78 is 31.4. The number of anilines is 1. The van der Waals surface area contributed by atoms with Crippen molar-refractivity contribution in [2.75, 3.05) is 26.0 Å². The molecule has 0 amide bonds. The van der Waals surface area contributed by atoms with Crippen molar-refractivity contribution >= 4 is 27.3 Å². The van der Waals surface area contributed by atoms with Crippen molar-refractivity contribution in [3.8, 4) is 0 Å². The molecule has 18 heavy (non-hydrogen) atoms. The molecular weight excluding hydrogens is 276 g/mol. The molecule has 1 fully saturated rings. The minimum Gasteiger partial charge on any atom is -0.398 e. The second-order valence-corrected chi connectivity index (χ2v) is 6.62. The zero-order chi connectivity index (χ0) is 13.3. The fourth-order valence-corrected chi connectivity index (χ4v) is 3.64. The minimum atomic E-state index is -3.63. The van der Waals surface area contributed by atoms with Crippen LogP contribution in [0.25, 0.3) is 0 Å². The largest absolute Gasteiger partial charge is 0.398 e. The summed E-state index contributed by atoms with van der Waals surface area (Å²) in [5, 5.41) is 0.346. The van der Waals surface area contributed by atoms with Gasteiger partial charge in [-0.15, -0.1) is 0 Å². The Labute approximate surface area is 112 Å². The van der Waals surface area contributed by atoms with Crippen LogP contribution >= 0.6 is 11.6 Å². The van der Waals surface area contributed by atoms with Crippen molar-refractivity contribution in [1.29, 1.82) is 0 Å². The van der Waals surface area contributed by atoms with Crippen LogP contribution < -0.4 is 5.73 Å². The van der Waals surface area contributed by atoms with Crippen molar-refractivity contribution in [3.63, 3.8) is 0 Å². The molecule has 0 bridgehead atoms. The first kappa shape index (κ1) is 13.6. The van der Waals surface area contributed by atoms with Crippen LogP contribution in [0.2, 0.25) is 5.02 Å². The summed E-state index contributed by atoms with van der Waals surface area (Å²) >= 11 is 5.82. The second-order valence-electron chi connectivity index (χ2n) is 4.22. The van der Waals surface area contributed by atoms with Gasteiger partial charge in [0.25, 0.3) is 0 Å². The van der Waals surface area contributed by atoms with E-state index in [1.54, 1.807) is 6.07 Å². The quantitative estimate of drug-likeness (QED) is 0.853. The molecule has 1 saturated heterocycles. The molecule has 5 nitrogen and oxygen atoms in total. The number of ether oxygens (including phenoxy) is 1. The highest BCUT2D eigenvalue weighted by atomic mass is 35.5. The Morgan fingerprint density at radius 2 is 2.22 bits per heavy atom. The first-order valence-corrected chi connectivity index (χ1v) is 7.35. The smallest absolute Gasteiger partial charge is 0.245 e. The molecule has 1 atom stereocenters. The van der Waals surface area contributed by atoms with E-state index < -0.39 is 10.0 Å². The topological polar surface area (TPSA) is 72.6 Å². The van der Waals surface area contributed by atoms with Gasteiger partial charge in [-0.25, -0.2) is 8.42 Å². The van der Waals surface area contributed by atoms with Gasteiger partial charge in [-0.1, -0.05) is 11.6 Å². The third-order valence-electron chi connectivity index (χ3n) is 3.05. The lowest BCUT2D eigenvalue weighted by atomic mass is 10.3. The summed E-state index contributed by atoms with van der Waals surface area (Å²) in [6, 6.07) is 4.29. The average molecular weight is 291 g/mol. The molecule has 0 radical (unpaired) electrons. The van der Waals surface area contributed by atoms with Gasteiger partial charge in [0.05, 0.1) is 18.3 Å². The van der Waals surface area contributed by atoms with Gasteiger partial charge in [0, 0.05) is 18.7 Å². The van der Waals surface area contributed by atoms with Crippen LogP contribution in [0, 0.1) is 0 Å². The number of benzene rings is 1. The molecule has 2 N–H and O–H groups in total. The van der Waals surface area contributed by atoms with Crippen molar-refractivity contribution in [2.24, 2.45) is 0 Å². The highest BCUT2D eigenvalue weighted by molar-refractivity contribution is 7.89. The summed E-state index contributed by atoms with van der Waals surface area (Å²) in [6.07, 6.45) is 0.691. The average Bonchev–Trinajstić information content (AvgIpc) is 2.84. The number of nitrogens with zero attached hydrogens (tertiary/aromatic N) is 1. The highest BCUT2D eigenvalue weighted by Gasteiger charge is 2.31. The van der Waals surface area contributed by atoms with E-state index >= 15 is 0 Å². The zero-order valence-corrected chi connectivity index (χ0v) is 11.5. The van der Waals surface area contributed by atoms with Gasteiger partial charge in [0.1, 0.15) is 4.90 Å². The predicted octanol–water partition coefficient (Wildman–Crippen LogP) is 1.33. The SMILES string of the molecule is CN(C1CCOC1)S(=O)(=O)c1cc(Cl)ccc1N. The number of rotatable bonds is 3. The summed E-state index contributed by atoms with van der Waals surface area (Å²) in [5.41, 5.74) is 5.92. The molecule has 1 aliphatic rings. The predicted molar refractivity (Wildman–Crippen MR) is 70.0 cm³/mol. The van der Waals surface area contributed by atoms with Crippen molar-refractivity contribution in [1.82, 2.24) is 4.31 Å². The van der Waals surface area contributed by atoms with E-state index in [0.29, 0.717) is 24.7 Å². The molecular formula is C11H15ClN2O3S. The van der Waals surface area contributed by atoms with E-state index in [1.165, 1.54) is 23.5 Å². The van der Waals surface area contributed by atoms with E-state index in [9.17, 15) is 8.42 Å². The van der Waals surface area contributed by atoms with E-state index in [1.807, 2.05) is 0 Å². The van der Waals surface area contributed by atoms with Crippen LogP contribution in [0.3, 0.4) is 0 Å². The lowest BCUT2D eigenvalue weighted by Gasteiger charge is -2.23. The molecule has 1 aromatic carbocycles. The third-order valence-corrected chi connectivity index (χ3v) is 5.25. The van der Waals surface area contributed by atoms with Crippen molar-refractivity contribution in [2.45, 2.75) is 17.4 Å². The highest BCUT2D eigenvalue weighted by Crippen LogP contribution is 2.27.